The molecule has 0 aromatic carbocycles. The highest BCUT2D eigenvalue weighted by Crippen LogP contribution is 2.70. The first-order valence-electron chi connectivity index (χ1n) is 12.4. The van der Waals surface area contributed by atoms with E-state index in [1.165, 1.54) is 13.8 Å². The van der Waals surface area contributed by atoms with Crippen molar-refractivity contribution in [2.24, 2.45) is 28.6 Å². The number of carbonyl (C=O) groups is 2. The second kappa shape index (κ2) is 8.18. The summed E-state index contributed by atoms with van der Waals surface area (Å²) in [5, 5.41) is 0. The fourth-order valence-corrected chi connectivity index (χ4v) is 7.92. The van der Waals surface area contributed by atoms with Gasteiger partial charge in [0.1, 0.15) is 18.3 Å². The lowest BCUT2D eigenvalue weighted by Crippen LogP contribution is -2.69. The average Bonchev–Trinajstić information content (AvgIpc) is 3.25. The molecule has 0 unspecified atom stereocenters. The van der Waals surface area contributed by atoms with E-state index in [9.17, 15) is 9.59 Å². The van der Waals surface area contributed by atoms with Crippen LogP contribution in [0.15, 0.2) is 0 Å². The van der Waals surface area contributed by atoms with Crippen LogP contribution >= 0.6 is 0 Å². The molecule has 186 valence electrons. The van der Waals surface area contributed by atoms with Gasteiger partial charge in [-0.15, -0.1) is 0 Å². The molecule has 0 radical (unpaired) electrons. The molecular formula is C25H38O8. The number of ether oxygens (including phenoxy) is 6. The summed E-state index contributed by atoms with van der Waals surface area (Å²) in [6, 6.07) is 0. The normalized spacial score (nSPS) is 50.5. The Hall–Kier alpha value is -1.22. The van der Waals surface area contributed by atoms with Crippen LogP contribution in [0.2, 0.25) is 0 Å². The lowest BCUT2D eigenvalue weighted by molar-refractivity contribution is -0.265. The minimum absolute atomic E-state index is 0.00851. The topological polar surface area (TPSA) is 92.8 Å². The zero-order valence-corrected chi connectivity index (χ0v) is 20.5. The SMILES string of the molecule is CO[C@H]1C[C@@H]2C[C@@H]([C@@]3(C)[C@H](C)C[C@H](OC(C)=O)[C@]4(COC(C)=O)[C@@H]3CCC[C@]43CO3)O[C@@H]2O1. The van der Waals surface area contributed by atoms with E-state index >= 15 is 0 Å². The van der Waals surface area contributed by atoms with Crippen LogP contribution in [-0.4, -0.2) is 62.7 Å². The minimum Gasteiger partial charge on any atom is -0.465 e. The molecule has 5 aliphatic rings. The molecule has 1 spiro atoms. The maximum atomic E-state index is 12.2. The Balaban J connectivity index is 1.53. The molecule has 8 heteroatoms. The van der Waals surface area contributed by atoms with Crippen molar-refractivity contribution in [3.8, 4) is 0 Å². The third-order valence-electron chi connectivity index (χ3n) is 9.75. The molecule has 3 saturated heterocycles. The van der Waals surface area contributed by atoms with Gasteiger partial charge in [0.05, 0.1) is 18.1 Å². The first-order valence-corrected chi connectivity index (χ1v) is 12.4. The molecule has 2 saturated carbocycles. The molecule has 33 heavy (non-hydrogen) atoms. The van der Waals surface area contributed by atoms with E-state index in [-0.39, 0.29) is 60.6 Å². The van der Waals surface area contributed by atoms with Gasteiger partial charge in [-0.25, -0.2) is 0 Å². The van der Waals surface area contributed by atoms with Gasteiger partial charge in [-0.05, 0) is 37.5 Å². The van der Waals surface area contributed by atoms with Crippen LogP contribution in [0, 0.1) is 28.6 Å². The molecule has 8 nitrogen and oxygen atoms in total. The Kier molecular flexibility index (Phi) is 5.83. The summed E-state index contributed by atoms with van der Waals surface area (Å²) in [5.41, 5.74) is -1.20. The van der Waals surface area contributed by atoms with Crippen molar-refractivity contribution in [3.05, 3.63) is 0 Å². The summed E-state index contributed by atoms with van der Waals surface area (Å²) >= 11 is 0. The van der Waals surface area contributed by atoms with Crippen LogP contribution in [0.1, 0.15) is 66.2 Å². The molecule has 10 atom stereocenters. The van der Waals surface area contributed by atoms with E-state index in [0.717, 1.165) is 32.1 Å². The van der Waals surface area contributed by atoms with Gasteiger partial charge in [-0.3, -0.25) is 9.59 Å². The fraction of sp³-hybridized carbons (Fsp3) is 0.920. The van der Waals surface area contributed by atoms with E-state index in [1.807, 2.05) is 0 Å². The summed E-state index contributed by atoms with van der Waals surface area (Å²) in [7, 11) is 1.67. The number of esters is 2. The van der Waals surface area contributed by atoms with Gasteiger partial charge in [0, 0.05) is 38.7 Å². The molecule has 0 aromatic rings. The molecule has 3 heterocycles. The van der Waals surface area contributed by atoms with Gasteiger partial charge in [-0.1, -0.05) is 20.3 Å². The van der Waals surface area contributed by atoms with Crippen molar-refractivity contribution in [1.29, 1.82) is 0 Å². The van der Waals surface area contributed by atoms with Crippen molar-refractivity contribution in [1.82, 2.24) is 0 Å². The molecule has 5 fully saturated rings. The highest BCUT2D eigenvalue weighted by Gasteiger charge is 2.76. The van der Waals surface area contributed by atoms with E-state index in [2.05, 4.69) is 13.8 Å². The van der Waals surface area contributed by atoms with Crippen LogP contribution < -0.4 is 0 Å². The zero-order valence-electron chi connectivity index (χ0n) is 20.5. The summed E-state index contributed by atoms with van der Waals surface area (Å²) in [5.74, 6) is 0.0533. The highest BCUT2D eigenvalue weighted by atomic mass is 16.8. The summed E-state index contributed by atoms with van der Waals surface area (Å²) in [6.45, 7) is 8.29. The number of hydrogen-bond acceptors (Lipinski definition) is 8. The first kappa shape index (κ1) is 23.5. The molecule has 0 N–H and O–H groups in total. The van der Waals surface area contributed by atoms with Crippen molar-refractivity contribution in [3.63, 3.8) is 0 Å². The maximum Gasteiger partial charge on any atom is 0.302 e. The van der Waals surface area contributed by atoms with Gasteiger partial charge < -0.3 is 28.4 Å². The van der Waals surface area contributed by atoms with Gasteiger partial charge in [-0.2, -0.15) is 0 Å². The molecule has 0 bridgehead atoms. The Labute approximate surface area is 195 Å². The van der Waals surface area contributed by atoms with Crippen molar-refractivity contribution < 1.29 is 38.0 Å². The predicted molar refractivity (Wildman–Crippen MR) is 116 cm³/mol. The largest absolute Gasteiger partial charge is 0.465 e. The average molecular weight is 467 g/mol. The van der Waals surface area contributed by atoms with Gasteiger partial charge in [0.15, 0.2) is 12.6 Å². The smallest absolute Gasteiger partial charge is 0.302 e. The molecule has 5 rings (SSSR count). The maximum absolute atomic E-state index is 12.2. The van der Waals surface area contributed by atoms with Crippen molar-refractivity contribution in [2.45, 2.75) is 96.6 Å². The van der Waals surface area contributed by atoms with Gasteiger partial charge >= 0.3 is 11.9 Å². The van der Waals surface area contributed by atoms with Crippen LogP contribution in [0.25, 0.3) is 0 Å². The van der Waals surface area contributed by atoms with E-state index in [0.29, 0.717) is 18.9 Å². The number of fused-ring (bicyclic) bond motifs is 3. The summed E-state index contributed by atoms with van der Waals surface area (Å²) < 4.78 is 35.9. The number of hydrogen-bond donors (Lipinski definition) is 0. The number of carbonyl (C=O) groups excluding carboxylic acids is 2. The Morgan fingerprint density at radius 1 is 1.09 bits per heavy atom. The number of methoxy groups -OCH3 is 1. The zero-order chi connectivity index (χ0) is 23.6. The van der Waals surface area contributed by atoms with Crippen molar-refractivity contribution >= 4 is 11.9 Å². The second-order valence-electron chi connectivity index (χ2n) is 11.2. The Bertz CT molecular complexity index is 781. The monoisotopic (exact) mass is 466 g/mol. The minimum atomic E-state index is -0.583. The molecule has 0 aromatic heterocycles. The first-order chi connectivity index (χ1) is 15.7. The third-order valence-corrected chi connectivity index (χ3v) is 9.75. The fourth-order valence-electron chi connectivity index (χ4n) is 7.92. The molecule has 0 amide bonds. The second-order valence-corrected chi connectivity index (χ2v) is 11.2. The predicted octanol–water partition coefficient (Wildman–Crippen LogP) is 3.21. The molecular weight excluding hydrogens is 428 g/mol. The van der Waals surface area contributed by atoms with E-state index < -0.39 is 11.0 Å². The van der Waals surface area contributed by atoms with Crippen LogP contribution in [0.4, 0.5) is 0 Å². The Morgan fingerprint density at radius 3 is 2.45 bits per heavy atom. The molecule has 3 aliphatic heterocycles. The Morgan fingerprint density at radius 2 is 1.85 bits per heavy atom. The van der Waals surface area contributed by atoms with E-state index in [4.69, 9.17) is 28.4 Å². The van der Waals surface area contributed by atoms with Gasteiger partial charge in [0.2, 0.25) is 0 Å². The van der Waals surface area contributed by atoms with Crippen molar-refractivity contribution in [2.75, 3.05) is 20.3 Å². The number of rotatable bonds is 5. The van der Waals surface area contributed by atoms with Crippen LogP contribution in [0.5, 0.6) is 0 Å². The van der Waals surface area contributed by atoms with Crippen LogP contribution in [-0.2, 0) is 38.0 Å². The standard InChI is InChI=1S/C25H38O8/c1-14-9-20(31-16(3)27)25(13-29-15(2)26)18(7-6-8-24(25)12-30-24)23(14,4)19-10-17-11-21(28-5)33-22(17)32-19/h14,17-22H,6-13H2,1-5H3/t14-,17+,18-,19+,20+,21-,22-,23+,24+,25+/m1/s1. The number of epoxide rings is 1. The third kappa shape index (κ3) is 3.46. The summed E-state index contributed by atoms with van der Waals surface area (Å²) in [4.78, 5) is 24.2. The van der Waals surface area contributed by atoms with Crippen LogP contribution in [0.3, 0.4) is 0 Å². The lowest BCUT2D eigenvalue weighted by atomic mass is 9.42. The summed E-state index contributed by atoms with van der Waals surface area (Å²) in [6.07, 6.45) is 4.53. The highest BCUT2D eigenvalue weighted by molar-refractivity contribution is 5.67. The van der Waals surface area contributed by atoms with E-state index in [1.54, 1.807) is 7.11 Å². The quantitative estimate of drug-likeness (QED) is 0.451. The van der Waals surface area contributed by atoms with Gasteiger partial charge in [0.25, 0.3) is 0 Å². The molecule has 2 aliphatic carbocycles. The lowest BCUT2D eigenvalue weighted by Gasteiger charge is -2.64.